The Balaban J connectivity index is 1.83. The molecule has 1 aliphatic carbocycles. The SMILES string of the molecule is CCC(CC)(CNC1CC1)CN1CCC(CO)C1. The highest BCUT2D eigenvalue weighted by atomic mass is 16.3. The highest BCUT2D eigenvalue weighted by Gasteiger charge is 2.33. The lowest BCUT2D eigenvalue weighted by Gasteiger charge is -2.36. The number of rotatable bonds is 8. The molecule has 1 aliphatic heterocycles. The Morgan fingerprint density at radius 3 is 2.44 bits per heavy atom. The first kappa shape index (κ1) is 14.3. The van der Waals surface area contributed by atoms with Crippen molar-refractivity contribution in [2.24, 2.45) is 11.3 Å². The topological polar surface area (TPSA) is 35.5 Å². The summed E-state index contributed by atoms with van der Waals surface area (Å²) in [4.78, 5) is 2.57. The van der Waals surface area contributed by atoms with Gasteiger partial charge in [0.05, 0.1) is 0 Å². The first-order valence-electron chi connectivity index (χ1n) is 7.78. The summed E-state index contributed by atoms with van der Waals surface area (Å²) in [5, 5.41) is 13.0. The molecule has 3 heteroatoms. The summed E-state index contributed by atoms with van der Waals surface area (Å²) < 4.78 is 0. The van der Waals surface area contributed by atoms with Crippen molar-refractivity contribution in [3.8, 4) is 0 Å². The van der Waals surface area contributed by atoms with Gasteiger partial charge in [-0.05, 0) is 50.0 Å². The zero-order chi connectivity index (χ0) is 13.0. The number of hydrogen-bond donors (Lipinski definition) is 2. The van der Waals surface area contributed by atoms with E-state index in [-0.39, 0.29) is 0 Å². The average molecular weight is 254 g/mol. The highest BCUT2D eigenvalue weighted by molar-refractivity contribution is 4.90. The lowest BCUT2D eigenvalue weighted by atomic mass is 9.81. The van der Waals surface area contributed by atoms with Gasteiger partial charge in [0.1, 0.15) is 0 Å². The first-order valence-corrected chi connectivity index (χ1v) is 7.78. The summed E-state index contributed by atoms with van der Waals surface area (Å²) in [5.41, 5.74) is 0.437. The Bertz CT molecular complexity index is 249. The summed E-state index contributed by atoms with van der Waals surface area (Å²) in [6.07, 6.45) is 6.43. The quantitative estimate of drug-likeness (QED) is 0.694. The molecule has 1 saturated heterocycles. The maximum atomic E-state index is 9.24. The summed E-state index contributed by atoms with van der Waals surface area (Å²) >= 11 is 0. The molecule has 2 aliphatic rings. The Kier molecular flexibility index (Phi) is 5.05. The van der Waals surface area contributed by atoms with Gasteiger partial charge in [-0.15, -0.1) is 0 Å². The van der Waals surface area contributed by atoms with Crippen LogP contribution in [0.15, 0.2) is 0 Å². The molecule has 1 heterocycles. The van der Waals surface area contributed by atoms with Gasteiger partial charge in [0.25, 0.3) is 0 Å². The second-order valence-electron chi connectivity index (χ2n) is 6.43. The molecule has 1 atom stereocenters. The molecule has 18 heavy (non-hydrogen) atoms. The van der Waals surface area contributed by atoms with Gasteiger partial charge in [0.2, 0.25) is 0 Å². The van der Waals surface area contributed by atoms with Crippen LogP contribution in [0.1, 0.15) is 46.0 Å². The number of nitrogens with one attached hydrogen (secondary N) is 1. The third kappa shape index (κ3) is 3.69. The van der Waals surface area contributed by atoms with Crippen LogP contribution in [0, 0.1) is 11.3 Å². The second kappa shape index (κ2) is 6.36. The predicted octanol–water partition coefficient (Wildman–Crippen LogP) is 1.86. The summed E-state index contributed by atoms with van der Waals surface area (Å²) in [7, 11) is 0. The monoisotopic (exact) mass is 254 g/mol. The van der Waals surface area contributed by atoms with E-state index in [0.717, 1.165) is 12.6 Å². The van der Waals surface area contributed by atoms with Crippen molar-refractivity contribution in [3.63, 3.8) is 0 Å². The van der Waals surface area contributed by atoms with Crippen LogP contribution in [0.3, 0.4) is 0 Å². The number of aliphatic hydroxyl groups excluding tert-OH is 1. The van der Waals surface area contributed by atoms with E-state index in [4.69, 9.17) is 0 Å². The van der Waals surface area contributed by atoms with Gasteiger partial charge in [0.15, 0.2) is 0 Å². The largest absolute Gasteiger partial charge is 0.396 e. The summed E-state index contributed by atoms with van der Waals surface area (Å²) in [6, 6.07) is 0.811. The van der Waals surface area contributed by atoms with Crippen LogP contribution in [0.4, 0.5) is 0 Å². The molecule has 2 rings (SSSR count). The normalized spacial score (nSPS) is 25.8. The van der Waals surface area contributed by atoms with Crippen LogP contribution in [0.2, 0.25) is 0 Å². The number of nitrogens with zero attached hydrogens (tertiary/aromatic N) is 1. The fourth-order valence-corrected chi connectivity index (χ4v) is 3.11. The predicted molar refractivity (Wildman–Crippen MR) is 75.7 cm³/mol. The zero-order valence-corrected chi connectivity index (χ0v) is 12.1. The minimum atomic E-state index is 0.363. The van der Waals surface area contributed by atoms with Crippen LogP contribution >= 0.6 is 0 Å². The Morgan fingerprint density at radius 1 is 1.22 bits per heavy atom. The van der Waals surface area contributed by atoms with Gasteiger partial charge in [0, 0.05) is 32.3 Å². The molecule has 3 nitrogen and oxygen atoms in total. The van der Waals surface area contributed by atoms with Crippen LogP contribution < -0.4 is 5.32 Å². The fourth-order valence-electron chi connectivity index (χ4n) is 3.11. The highest BCUT2D eigenvalue weighted by Crippen LogP contribution is 2.31. The Labute approximate surface area is 112 Å². The molecule has 0 bridgehead atoms. The molecule has 0 aromatic rings. The fraction of sp³-hybridized carbons (Fsp3) is 1.00. The molecule has 1 unspecified atom stereocenters. The molecule has 1 saturated carbocycles. The summed E-state index contributed by atoms with van der Waals surface area (Å²) in [5.74, 6) is 0.521. The van der Waals surface area contributed by atoms with Gasteiger partial charge in [-0.2, -0.15) is 0 Å². The van der Waals surface area contributed by atoms with Crippen molar-refractivity contribution >= 4 is 0 Å². The third-order valence-electron chi connectivity index (χ3n) is 5.03. The van der Waals surface area contributed by atoms with E-state index < -0.39 is 0 Å². The molecule has 0 aromatic carbocycles. The number of likely N-dealkylation sites (tertiary alicyclic amines) is 1. The van der Waals surface area contributed by atoms with Crippen molar-refractivity contribution in [1.82, 2.24) is 10.2 Å². The Morgan fingerprint density at radius 2 is 1.94 bits per heavy atom. The van der Waals surface area contributed by atoms with Crippen LogP contribution in [-0.4, -0.2) is 48.8 Å². The molecular formula is C15H30N2O. The Hall–Kier alpha value is -0.120. The molecular weight excluding hydrogens is 224 g/mol. The smallest absolute Gasteiger partial charge is 0.0471 e. The lowest BCUT2D eigenvalue weighted by molar-refractivity contribution is 0.144. The van der Waals surface area contributed by atoms with Crippen molar-refractivity contribution < 1.29 is 5.11 Å². The van der Waals surface area contributed by atoms with E-state index in [1.807, 2.05) is 0 Å². The molecule has 0 radical (unpaired) electrons. The molecule has 0 amide bonds. The van der Waals surface area contributed by atoms with Crippen LogP contribution in [0.5, 0.6) is 0 Å². The van der Waals surface area contributed by atoms with Crippen LogP contribution in [0.25, 0.3) is 0 Å². The van der Waals surface area contributed by atoms with Crippen molar-refractivity contribution in [2.45, 2.75) is 52.0 Å². The molecule has 106 valence electrons. The van der Waals surface area contributed by atoms with E-state index in [1.165, 1.54) is 51.7 Å². The third-order valence-corrected chi connectivity index (χ3v) is 5.03. The second-order valence-corrected chi connectivity index (χ2v) is 6.43. The van der Waals surface area contributed by atoms with Gasteiger partial charge < -0.3 is 15.3 Å². The van der Waals surface area contributed by atoms with Gasteiger partial charge in [-0.1, -0.05) is 13.8 Å². The van der Waals surface area contributed by atoms with E-state index in [0.29, 0.717) is 17.9 Å². The summed E-state index contributed by atoms with van der Waals surface area (Å²) in [6.45, 7) is 9.68. The maximum Gasteiger partial charge on any atom is 0.0471 e. The standard InChI is InChI=1S/C15H30N2O/c1-3-15(4-2,11-16-14-5-6-14)12-17-8-7-13(9-17)10-18/h13-14,16,18H,3-12H2,1-2H3. The van der Waals surface area contributed by atoms with Crippen molar-refractivity contribution in [1.29, 1.82) is 0 Å². The van der Waals surface area contributed by atoms with Gasteiger partial charge >= 0.3 is 0 Å². The maximum absolute atomic E-state index is 9.24. The zero-order valence-electron chi connectivity index (χ0n) is 12.1. The van der Waals surface area contributed by atoms with Gasteiger partial charge in [-0.25, -0.2) is 0 Å². The van der Waals surface area contributed by atoms with E-state index in [9.17, 15) is 5.11 Å². The molecule has 2 fully saturated rings. The molecule has 0 spiro atoms. The average Bonchev–Trinajstić information content (AvgIpc) is 3.13. The van der Waals surface area contributed by atoms with Crippen molar-refractivity contribution in [2.75, 3.05) is 32.8 Å². The number of aliphatic hydroxyl groups is 1. The molecule has 0 aromatic heterocycles. The van der Waals surface area contributed by atoms with E-state index >= 15 is 0 Å². The minimum absolute atomic E-state index is 0.363. The van der Waals surface area contributed by atoms with E-state index in [2.05, 4.69) is 24.1 Å². The van der Waals surface area contributed by atoms with Crippen molar-refractivity contribution in [3.05, 3.63) is 0 Å². The minimum Gasteiger partial charge on any atom is -0.396 e. The van der Waals surface area contributed by atoms with Crippen LogP contribution in [-0.2, 0) is 0 Å². The molecule has 2 N–H and O–H groups in total. The lowest BCUT2D eigenvalue weighted by Crippen LogP contribution is -2.43. The number of hydrogen-bond acceptors (Lipinski definition) is 3. The van der Waals surface area contributed by atoms with E-state index in [1.54, 1.807) is 0 Å². The van der Waals surface area contributed by atoms with Gasteiger partial charge in [-0.3, -0.25) is 0 Å². The first-order chi connectivity index (χ1) is 8.71.